The Hall–Kier alpha value is -1.66. The van der Waals surface area contributed by atoms with Crippen LogP contribution in [0.15, 0.2) is 24.4 Å². The maximum absolute atomic E-state index is 12.3. The van der Waals surface area contributed by atoms with Gasteiger partial charge in [-0.1, -0.05) is 6.07 Å². The van der Waals surface area contributed by atoms with Crippen molar-refractivity contribution in [2.75, 3.05) is 50.7 Å². The van der Waals surface area contributed by atoms with Gasteiger partial charge in [-0.2, -0.15) is 0 Å². The molecule has 2 aliphatic rings. The van der Waals surface area contributed by atoms with Crippen LogP contribution in [0.25, 0.3) is 0 Å². The Morgan fingerprint density at radius 2 is 2.08 bits per heavy atom. The van der Waals surface area contributed by atoms with Gasteiger partial charge in [0.1, 0.15) is 5.82 Å². The van der Waals surface area contributed by atoms with Crippen molar-refractivity contribution in [1.29, 1.82) is 0 Å². The summed E-state index contributed by atoms with van der Waals surface area (Å²) in [5, 5.41) is 0. The van der Waals surface area contributed by atoms with Crippen molar-refractivity contribution in [3.63, 3.8) is 0 Å². The molecule has 2 atom stereocenters. The van der Waals surface area contributed by atoms with Crippen molar-refractivity contribution in [3.8, 4) is 0 Å². The summed E-state index contributed by atoms with van der Waals surface area (Å²) in [6.45, 7) is 8.98. The van der Waals surface area contributed by atoms with E-state index in [0.717, 1.165) is 58.1 Å². The summed E-state index contributed by atoms with van der Waals surface area (Å²) >= 11 is 0. The van der Waals surface area contributed by atoms with Crippen LogP contribution >= 0.6 is 0 Å². The molecular formula is C19H31N5O. The summed E-state index contributed by atoms with van der Waals surface area (Å²) in [7, 11) is 0. The van der Waals surface area contributed by atoms with Gasteiger partial charge in [0.15, 0.2) is 0 Å². The quantitative estimate of drug-likeness (QED) is 0.868. The van der Waals surface area contributed by atoms with Crippen molar-refractivity contribution in [1.82, 2.24) is 14.8 Å². The van der Waals surface area contributed by atoms with Crippen LogP contribution in [0, 0.1) is 5.92 Å². The molecule has 0 spiro atoms. The van der Waals surface area contributed by atoms with Gasteiger partial charge >= 0.3 is 0 Å². The molecule has 138 valence electrons. The molecule has 6 heteroatoms. The highest BCUT2D eigenvalue weighted by molar-refractivity contribution is 5.76. The third-order valence-electron chi connectivity index (χ3n) is 5.23. The third kappa shape index (κ3) is 5.16. The van der Waals surface area contributed by atoms with Gasteiger partial charge in [0.05, 0.1) is 0 Å². The van der Waals surface area contributed by atoms with Gasteiger partial charge in [-0.25, -0.2) is 4.98 Å². The zero-order valence-corrected chi connectivity index (χ0v) is 15.3. The van der Waals surface area contributed by atoms with Crippen LogP contribution in [0.1, 0.15) is 26.2 Å². The summed E-state index contributed by atoms with van der Waals surface area (Å²) in [5.74, 6) is 1.89. The summed E-state index contributed by atoms with van der Waals surface area (Å²) in [5.41, 5.74) is 5.78. The van der Waals surface area contributed by atoms with E-state index in [1.54, 1.807) is 0 Å². The van der Waals surface area contributed by atoms with Gasteiger partial charge in [-0.15, -0.1) is 0 Å². The molecule has 25 heavy (non-hydrogen) atoms. The molecule has 0 bridgehead atoms. The number of nitrogens with two attached hydrogens (primary N) is 1. The lowest BCUT2D eigenvalue weighted by molar-refractivity contribution is -0.133. The third-order valence-corrected chi connectivity index (χ3v) is 5.23. The SMILES string of the molecule is CC(N)CC(=O)N1CCCC(CN2CCN(c3ccccn3)CC2)C1. The Bertz CT molecular complexity index is 542. The number of rotatable bonds is 5. The molecule has 2 fully saturated rings. The molecule has 3 rings (SSSR count). The van der Waals surface area contributed by atoms with E-state index in [1.807, 2.05) is 30.2 Å². The minimum Gasteiger partial charge on any atom is -0.354 e. The van der Waals surface area contributed by atoms with Gasteiger partial charge < -0.3 is 15.5 Å². The molecule has 6 nitrogen and oxygen atoms in total. The largest absolute Gasteiger partial charge is 0.354 e. The lowest BCUT2D eigenvalue weighted by atomic mass is 9.96. The fourth-order valence-electron chi connectivity index (χ4n) is 3.91. The molecule has 1 aromatic rings. The van der Waals surface area contributed by atoms with Gasteiger partial charge in [-0.3, -0.25) is 9.69 Å². The highest BCUT2D eigenvalue weighted by atomic mass is 16.2. The number of piperazine rings is 1. The number of piperidine rings is 1. The first-order chi connectivity index (χ1) is 12.1. The Kier molecular flexibility index (Phi) is 6.26. The summed E-state index contributed by atoms with van der Waals surface area (Å²) in [6, 6.07) is 6.04. The Morgan fingerprint density at radius 1 is 1.28 bits per heavy atom. The number of hydrogen-bond acceptors (Lipinski definition) is 5. The molecule has 2 N–H and O–H groups in total. The molecule has 1 aromatic heterocycles. The number of likely N-dealkylation sites (tertiary alicyclic amines) is 1. The molecular weight excluding hydrogens is 314 g/mol. The normalized spacial score (nSPS) is 23.5. The molecule has 0 radical (unpaired) electrons. The topological polar surface area (TPSA) is 65.7 Å². The number of aromatic nitrogens is 1. The van der Waals surface area contributed by atoms with Crippen molar-refractivity contribution in [2.24, 2.45) is 11.7 Å². The van der Waals surface area contributed by atoms with Gasteiger partial charge in [0, 0.05) is 64.5 Å². The summed E-state index contributed by atoms with van der Waals surface area (Å²) < 4.78 is 0. The minimum absolute atomic E-state index is 0.0486. The first kappa shape index (κ1) is 18.1. The maximum atomic E-state index is 12.3. The van der Waals surface area contributed by atoms with E-state index < -0.39 is 0 Å². The first-order valence-electron chi connectivity index (χ1n) is 9.53. The second-order valence-electron chi connectivity index (χ2n) is 7.51. The van der Waals surface area contributed by atoms with Gasteiger partial charge in [0.25, 0.3) is 0 Å². The van der Waals surface area contributed by atoms with E-state index in [9.17, 15) is 4.79 Å². The number of carbonyl (C=O) groups is 1. The molecule has 0 saturated carbocycles. The van der Waals surface area contributed by atoms with E-state index in [4.69, 9.17) is 5.73 Å². The fourth-order valence-corrected chi connectivity index (χ4v) is 3.91. The predicted molar refractivity (Wildman–Crippen MR) is 100 cm³/mol. The number of carbonyl (C=O) groups excluding carboxylic acids is 1. The second kappa shape index (κ2) is 8.63. The molecule has 0 aromatic carbocycles. The van der Waals surface area contributed by atoms with E-state index in [-0.39, 0.29) is 11.9 Å². The number of pyridine rings is 1. The standard InChI is InChI=1S/C19H31N5O/c1-16(20)13-19(25)24-8-4-5-17(15-24)14-22-9-11-23(12-10-22)18-6-2-3-7-21-18/h2-3,6-7,16-17H,4-5,8-15,20H2,1H3. The van der Waals surface area contributed by atoms with E-state index in [2.05, 4.69) is 20.9 Å². The fraction of sp³-hybridized carbons (Fsp3) is 0.684. The highest BCUT2D eigenvalue weighted by Gasteiger charge is 2.27. The lowest BCUT2D eigenvalue weighted by Gasteiger charge is -2.39. The average molecular weight is 345 g/mol. The highest BCUT2D eigenvalue weighted by Crippen LogP contribution is 2.20. The average Bonchev–Trinajstić information content (AvgIpc) is 2.63. The number of hydrogen-bond donors (Lipinski definition) is 1. The monoisotopic (exact) mass is 345 g/mol. The van der Waals surface area contributed by atoms with Crippen LogP contribution in [0.4, 0.5) is 5.82 Å². The maximum Gasteiger partial charge on any atom is 0.224 e. The molecule has 0 aliphatic carbocycles. The predicted octanol–water partition coefficient (Wildman–Crippen LogP) is 1.18. The van der Waals surface area contributed by atoms with Crippen LogP contribution in [-0.2, 0) is 4.79 Å². The number of anilines is 1. The van der Waals surface area contributed by atoms with Crippen molar-refractivity contribution >= 4 is 11.7 Å². The Balaban J connectivity index is 1.45. The van der Waals surface area contributed by atoms with Crippen LogP contribution in [0.2, 0.25) is 0 Å². The smallest absolute Gasteiger partial charge is 0.224 e. The van der Waals surface area contributed by atoms with Crippen LogP contribution in [0.3, 0.4) is 0 Å². The Morgan fingerprint density at radius 3 is 2.76 bits per heavy atom. The van der Waals surface area contributed by atoms with Crippen LogP contribution in [-0.4, -0.2) is 72.5 Å². The number of nitrogens with zero attached hydrogens (tertiary/aromatic N) is 4. The van der Waals surface area contributed by atoms with Crippen molar-refractivity contribution in [2.45, 2.75) is 32.2 Å². The lowest BCUT2D eigenvalue weighted by Crippen LogP contribution is -2.50. The Labute approximate surface area is 151 Å². The number of amides is 1. The first-order valence-corrected chi connectivity index (χ1v) is 9.53. The minimum atomic E-state index is -0.0486. The molecule has 3 heterocycles. The second-order valence-corrected chi connectivity index (χ2v) is 7.51. The zero-order chi connectivity index (χ0) is 17.6. The molecule has 2 aliphatic heterocycles. The van der Waals surface area contributed by atoms with E-state index in [1.165, 1.54) is 6.42 Å². The van der Waals surface area contributed by atoms with Gasteiger partial charge in [-0.05, 0) is 37.8 Å². The molecule has 2 unspecified atom stereocenters. The van der Waals surface area contributed by atoms with E-state index in [0.29, 0.717) is 12.3 Å². The molecule has 2 saturated heterocycles. The summed E-state index contributed by atoms with van der Waals surface area (Å²) in [6.07, 6.45) is 4.67. The van der Waals surface area contributed by atoms with Crippen LogP contribution in [0.5, 0.6) is 0 Å². The molecule has 1 amide bonds. The summed E-state index contributed by atoms with van der Waals surface area (Å²) in [4.78, 5) is 23.6. The van der Waals surface area contributed by atoms with Gasteiger partial charge in [0.2, 0.25) is 5.91 Å². The van der Waals surface area contributed by atoms with Crippen molar-refractivity contribution in [3.05, 3.63) is 24.4 Å². The van der Waals surface area contributed by atoms with E-state index >= 15 is 0 Å². The zero-order valence-electron chi connectivity index (χ0n) is 15.3. The van der Waals surface area contributed by atoms with Crippen molar-refractivity contribution < 1.29 is 4.79 Å². The van der Waals surface area contributed by atoms with Crippen LogP contribution < -0.4 is 10.6 Å².